The Morgan fingerprint density at radius 3 is 2.67 bits per heavy atom. The Morgan fingerprint density at radius 1 is 1.28 bits per heavy atom. The average Bonchev–Trinajstić information content (AvgIpc) is 2.37. The molecule has 2 fully saturated rings. The van der Waals surface area contributed by atoms with Gasteiger partial charge in [-0.3, -0.25) is 0 Å². The van der Waals surface area contributed by atoms with Gasteiger partial charge in [-0.1, -0.05) is 6.42 Å². The number of nitrogens with two attached hydrogens (primary N) is 1. The summed E-state index contributed by atoms with van der Waals surface area (Å²) in [4.78, 5) is 10.7. The molecule has 1 aromatic heterocycles. The Kier molecular flexibility index (Phi) is 2.97. The molecule has 2 unspecified atom stereocenters. The number of piperidine rings is 1. The first-order valence-corrected chi connectivity index (χ1v) is 6.68. The lowest BCUT2D eigenvalue weighted by molar-refractivity contribution is 0.230. The first-order chi connectivity index (χ1) is 8.74. The van der Waals surface area contributed by atoms with Crippen molar-refractivity contribution in [1.29, 1.82) is 0 Å². The fourth-order valence-corrected chi connectivity index (χ4v) is 3.32. The highest BCUT2D eigenvalue weighted by molar-refractivity contribution is 5.46. The third kappa shape index (κ3) is 2.21. The number of hydrogen-bond donors (Lipinski definition) is 1. The van der Waals surface area contributed by atoms with Crippen molar-refractivity contribution in [2.75, 3.05) is 30.8 Å². The highest BCUT2D eigenvalue weighted by atomic mass is 16.5. The van der Waals surface area contributed by atoms with E-state index in [0.29, 0.717) is 11.8 Å². The van der Waals surface area contributed by atoms with Crippen molar-refractivity contribution < 1.29 is 4.74 Å². The van der Waals surface area contributed by atoms with Crippen molar-refractivity contribution in [3.8, 4) is 5.88 Å². The van der Waals surface area contributed by atoms with E-state index in [1.165, 1.54) is 25.7 Å². The summed E-state index contributed by atoms with van der Waals surface area (Å²) in [6, 6.07) is 1.89. The van der Waals surface area contributed by atoms with Gasteiger partial charge < -0.3 is 15.4 Å². The number of fused-ring (bicyclic) bond motifs is 2. The van der Waals surface area contributed by atoms with Crippen LogP contribution in [0, 0.1) is 11.8 Å². The molecule has 2 heterocycles. The number of nitrogens with zero attached hydrogens (tertiary/aromatic N) is 3. The van der Waals surface area contributed by atoms with Crippen molar-refractivity contribution in [2.45, 2.75) is 25.7 Å². The quantitative estimate of drug-likeness (QED) is 0.863. The molecule has 2 aliphatic rings. The van der Waals surface area contributed by atoms with Gasteiger partial charge in [-0.25, -0.2) is 0 Å². The zero-order valence-electron chi connectivity index (χ0n) is 10.8. The number of ether oxygens (including phenoxy) is 1. The van der Waals surface area contributed by atoms with Crippen LogP contribution >= 0.6 is 0 Å². The molecule has 5 nitrogen and oxygen atoms in total. The number of aromatic nitrogens is 2. The first kappa shape index (κ1) is 11.6. The molecular formula is C13H20N4O. The maximum atomic E-state index is 5.73. The summed E-state index contributed by atoms with van der Waals surface area (Å²) >= 11 is 0. The SMILES string of the molecule is COc1cc(N2CC3CCCC(C3)C2)nc(N)n1. The summed E-state index contributed by atoms with van der Waals surface area (Å²) in [5.74, 6) is 3.39. The van der Waals surface area contributed by atoms with Gasteiger partial charge in [-0.15, -0.1) is 0 Å². The van der Waals surface area contributed by atoms with E-state index < -0.39 is 0 Å². The number of anilines is 2. The second-order valence-electron chi connectivity index (χ2n) is 5.43. The normalized spacial score (nSPS) is 27.1. The lowest BCUT2D eigenvalue weighted by atomic mass is 9.78. The molecule has 3 rings (SSSR count). The second kappa shape index (κ2) is 4.63. The van der Waals surface area contributed by atoms with Gasteiger partial charge in [-0.2, -0.15) is 9.97 Å². The minimum absolute atomic E-state index is 0.292. The van der Waals surface area contributed by atoms with Gasteiger partial charge in [0.15, 0.2) is 0 Å². The van der Waals surface area contributed by atoms with Gasteiger partial charge in [0, 0.05) is 19.2 Å². The Morgan fingerprint density at radius 2 is 2.00 bits per heavy atom. The van der Waals surface area contributed by atoms with E-state index in [9.17, 15) is 0 Å². The lowest BCUT2D eigenvalue weighted by Gasteiger charge is -2.41. The fraction of sp³-hybridized carbons (Fsp3) is 0.692. The van der Waals surface area contributed by atoms with Crippen LogP contribution in [0.15, 0.2) is 6.07 Å². The molecule has 0 aromatic carbocycles. The van der Waals surface area contributed by atoms with Crippen LogP contribution in [0.3, 0.4) is 0 Å². The van der Waals surface area contributed by atoms with Crippen molar-refractivity contribution >= 4 is 11.8 Å². The molecule has 5 heteroatoms. The number of hydrogen-bond acceptors (Lipinski definition) is 5. The molecule has 0 radical (unpaired) electrons. The van der Waals surface area contributed by atoms with Gasteiger partial charge in [0.1, 0.15) is 5.82 Å². The van der Waals surface area contributed by atoms with Crippen LogP contribution in [0.4, 0.5) is 11.8 Å². The zero-order valence-corrected chi connectivity index (χ0v) is 10.8. The molecule has 2 N–H and O–H groups in total. The summed E-state index contributed by atoms with van der Waals surface area (Å²) in [7, 11) is 1.61. The molecular weight excluding hydrogens is 228 g/mol. The average molecular weight is 248 g/mol. The summed E-state index contributed by atoms with van der Waals surface area (Å²) in [6.45, 7) is 2.19. The van der Waals surface area contributed by atoms with E-state index in [0.717, 1.165) is 30.7 Å². The highest BCUT2D eigenvalue weighted by Crippen LogP contribution is 2.36. The van der Waals surface area contributed by atoms with E-state index in [2.05, 4.69) is 14.9 Å². The minimum atomic E-state index is 0.292. The van der Waals surface area contributed by atoms with E-state index >= 15 is 0 Å². The smallest absolute Gasteiger partial charge is 0.225 e. The van der Waals surface area contributed by atoms with Crippen LogP contribution in [-0.2, 0) is 0 Å². The van der Waals surface area contributed by atoms with E-state index in [-0.39, 0.29) is 0 Å². The summed E-state index contributed by atoms with van der Waals surface area (Å²) < 4.78 is 5.16. The molecule has 0 amide bonds. The number of rotatable bonds is 2. The monoisotopic (exact) mass is 248 g/mol. The molecule has 1 aromatic rings. The zero-order chi connectivity index (χ0) is 12.5. The number of methoxy groups -OCH3 is 1. The molecule has 0 spiro atoms. The van der Waals surface area contributed by atoms with E-state index in [1.807, 2.05) is 6.07 Å². The van der Waals surface area contributed by atoms with Gasteiger partial charge in [0.25, 0.3) is 0 Å². The van der Waals surface area contributed by atoms with Crippen molar-refractivity contribution in [2.24, 2.45) is 11.8 Å². The largest absolute Gasteiger partial charge is 0.481 e. The van der Waals surface area contributed by atoms with Gasteiger partial charge in [-0.05, 0) is 31.1 Å². The maximum Gasteiger partial charge on any atom is 0.225 e. The molecule has 1 aliphatic heterocycles. The maximum absolute atomic E-state index is 5.73. The standard InChI is InChI=1S/C13H20N4O/c1-18-12-6-11(15-13(14)16-12)17-7-9-3-2-4-10(5-9)8-17/h6,9-10H,2-5,7-8H2,1H3,(H2,14,15,16). The third-order valence-electron chi connectivity index (χ3n) is 4.09. The fourth-order valence-electron chi connectivity index (χ4n) is 3.32. The molecule has 2 bridgehead atoms. The first-order valence-electron chi connectivity index (χ1n) is 6.68. The van der Waals surface area contributed by atoms with Gasteiger partial charge in [0.05, 0.1) is 7.11 Å². The summed E-state index contributed by atoms with van der Waals surface area (Å²) in [5.41, 5.74) is 5.73. The van der Waals surface area contributed by atoms with E-state index in [1.54, 1.807) is 7.11 Å². The van der Waals surface area contributed by atoms with Crippen molar-refractivity contribution in [3.05, 3.63) is 6.07 Å². The molecule has 1 saturated carbocycles. The Bertz CT molecular complexity index is 425. The Balaban J connectivity index is 1.83. The molecule has 98 valence electrons. The van der Waals surface area contributed by atoms with Crippen molar-refractivity contribution in [1.82, 2.24) is 9.97 Å². The lowest BCUT2D eigenvalue weighted by Crippen LogP contribution is -2.43. The van der Waals surface area contributed by atoms with Crippen LogP contribution in [0.25, 0.3) is 0 Å². The second-order valence-corrected chi connectivity index (χ2v) is 5.43. The summed E-state index contributed by atoms with van der Waals surface area (Å²) in [5, 5.41) is 0. The topological polar surface area (TPSA) is 64.3 Å². The predicted molar refractivity (Wildman–Crippen MR) is 70.7 cm³/mol. The van der Waals surface area contributed by atoms with Gasteiger partial charge >= 0.3 is 0 Å². The third-order valence-corrected chi connectivity index (χ3v) is 4.09. The van der Waals surface area contributed by atoms with Crippen LogP contribution in [0.1, 0.15) is 25.7 Å². The van der Waals surface area contributed by atoms with Crippen LogP contribution < -0.4 is 15.4 Å². The highest BCUT2D eigenvalue weighted by Gasteiger charge is 2.31. The Hall–Kier alpha value is -1.52. The van der Waals surface area contributed by atoms with Crippen molar-refractivity contribution in [3.63, 3.8) is 0 Å². The number of nitrogen functional groups attached to an aromatic ring is 1. The van der Waals surface area contributed by atoms with Gasteiger partial charge in [0.2, 0.25) is 11.8 Å². The Labute approximate surface area is 107 Å². The minimum Gasteiger partial charge on any atom is -0.481 e. The predicted octanol–water partition coefficient (Wildman–Crippen LogP) is 1.69. The van der Waals surface area contributed by atoms with Crippen LogP contribution in [0.2, 0.25) is 0 Å². The van der Waals surface area contributed by atoms with Crippen LogP contribution in [-0.4, -0.2) is 30.2 Å². The van der Waals surface area contributed by atoms with E-state index in [4.69, 9.17) is 10.5 Å². The molecule has 18 heavy (non-hydrogen) atoms. The van der Waals surface area contributed by atoms with Crippen LogP contribution in [0.5, 0.6) is 5.88 Å². The molecule has 2 atom stereocenters. The summed E-state index contributed by atoms with van der Waals surface area (Å²) in [6.07, 6.45) is 5.47. The molecule has 1 saturated heterocycles. The molecule has 1 aliphatic carbocycles.